The smallest absolute Gasteiger partial charge is 0.251 e. The lowest BCUT2D eigenvalue weighted by atomic mass is 9.92. The second-order valence-electron chi connectivity index (χ2n) is 5.28. The first kappa shape index (κ1) is 13.4. The van der Waals surface area contributed by atoms with E-state index < -0.39 is 0 Å². The highest BCUT2D eigenvalue weighted by molar-refractivity contribution is 5.94. The minimum atomic E-state index is -0.145. The van der Waals surface area contributed by atoms with Gasteiger partial charge in [-0.1, -0.05) is 6.07 Å². The Morgan fingerprint density at radius 2 is 2.38 bits per heavy atom. The zero-order valence-corrected chi connectivity index (χ0v) is 11.8. The Hall–Kier alpha value is -2.61. The van der Waals surface area contributed by atoms with E-state index in [0.717, 1.165) is 24.8 Å². The fraction of sp³-hybridized carbons (Fsp3) is 0.312. The summed E-state index contributed by atoms with van der Waals surface area (Å²) in [4.78, 5) is 12.3. The molecule has 0 bridgehead atoms. The lowest BCUT2D eigenvalue weighted by Gasteiger charge is -2.23. The van der Waals surface area contributed by atoms with Crippen LogP contribution in [-0.4, -0.2) is 15.7 Å². The first-order valence-electron chi connectivity index (χ1n) is 7.01. The summed E-state index contributed by atoms with van der Waals surface area (Å²) in [6.07, 6.45) is 4.80. The van der Waals surface area contributed by atoms with Crippen molar-refractivity contribution in [2.24, 2.45) is 7.05 Å². The molecule has 1 aromatic carbocycles. The van der Waals surface area contributed by atoms with Crippen molar-refractivity contribution in [2.75, 3.05) is 0 Å². The molecule has 0 aliphatic heterocycles. The Balaban J connectivity index is 1.81. The van der Waals surface area contributed by atoms with Gasteiger partial charge in [-0.2, -0.15) is 10.4 Å². The van der Waals surface area contributed by atoms with E-state index >= 15 is 0 Å². The number of hydrogen-bond donors (Lipinski definition) is 1. The van der Waals surface area contributed by atoms with Crippen molar-refractivity contribution in [3.05, 3.63) is 52.8 Å². The van der Waals surface area contributed by atoms with Gasteiger partial charge in [-0.05, 0) is 37.5 Å². The van der Waals surface area contributed by atoms with Crippen molar-refractivity contribution >= 4 is 5.91 Å². The highest BCUT2D eigenvalue weighted by Gasteiger charge is 2.25. The van der Waals surface area contributed by atoms with E-state index in [1.165, 1.54) is 5.69 Å². The van der Waals surface area contributed by atoms with E-state index in [1.54, 1.807) is 24.3 Å². The number of nitriles is 1. The number of rotatable bonds is 2. The number of aromatic nitrogens is 2. The number of nitrogens with zero attached hydrogens (tertiary/aromatic N) is 3. The van der Waals surface area contributed by atoms with Crippen molar-refractivity contribution in [1.82, 2.24) is 15.1 Å². The summed E-state index contributed by atoms with van der Waals surface area (Å²) in [6, 6.07) is 8.81. The maximum Gasteiger partial charge on any atom is 0.251 e. The first-order chi connectivity index (χ1) is 10.2. The highest BCUT2D eigenvalue weighted by atomic mass is 16.1. The number of amides is 1. The summed E-state index contributed by atoms with van der Waals surface area (Å²) in [5.74, 6) is -0.145. The van der Waals surface area contributed by atoms with E-state index in [0.29, 0.717) is 11.1 Å². The number of carbonyl (C=O) groups excluding carboxylic acids is 1. The summed E-state index contributed by atoms with van der Waals surface area (Å²) in [6.45, 7) is 0. The number of nitrogens with one attached hydrogen (secondary N) is 1. The highest BCUT2D eigenvalue weighted by Crippen LogP contribution is 2.29. The Labute approximate surface area is 123 Å². The average Bonchev–Trinajstić information content (AvgIpc) is 2.90. The molecule has 5 nitrogen and oxygen atoms in total. The van der Waals surface area contributed by atoms with Gasteiger partial charge >= 0.3 is 0 Å². The second kappa shape index (κ2) is 5.41. The molecule has 106 valence electrons. The standard InChI is InChI=1S/C16H16N4O/c1-20-15-7-3-6-14(13(15)10-18-20)19-16(21)12-5-2-4-11(8-12)9-17/h2,4-5,8,10,14H,3,6-7H2,1H3,(H,19,21)/t14-/m0/s1. The Morgan fingerprint density at radius 1 is 1.52 bits per heavy atom. The van der Waals surface area contributed by atoms with Gasteiger partial charge < -0.3 is 5.32 Å². The summed E-state index contributed by atoms with van der Waals surface area (Å²) >= 11 is 0. The molecule has 0 fully saturated rings. The predicted octanol–water partition coefficient (Wildman–Crippen LogP) is 2.10. The minimum Gasteiger partial charge on any atom is -0.345 e. The topological polar surface area (TPSA) is 70.7 Å². The van der Waals surface area contributed by atoms with Gasteiger partial charge in [-0.3, -0.25) is 9.48 Å². The minimum absolute atomic E-state index is 0.000641. The number of carbonyl (C=O) groups is 1. The SMILES string of the molecule is Cn1ncc2c1CCC[C@@H]2NC(=O)c1cccc(C#N)c1. The largest absolute Gasteiger partial charge is 0.345 e. The van der Waals surface area contributed by atoms with Gasteiger partial charge in [0.2, 0.25) is 0 Å². The van der Waals surface area contributed by atoms with Crippen LogP contribution in [0.25, 0.3) is 0 Å². The van der Waals surface area contributed by atoms with Crippen LogP contribution in [0.1, 0.15) is 46.1 Å². The summed E-state index contributed by atoms with van der Waals surface area (Å²) in [5.41, 5.74) is 3.31. The van der Waals surface area contributed by atoms with Crippen molar-refractivity contribution < 1.29 is 4.79 Å². The molecule has 1 aliphatic carbocycles. The molecule has 2 aromatic rings. The third kappa shape index (κ3) is 2.52. The molecule has 5 heteroatoms. The fourth-order valence-electron chi connectivity index (χ4n) is 2.83. The van der Waals surface area contributed by atoms with Crippen LogP contribution in [0.2, 0.25) is 0 Å². The van der Waals surface area contributed by atoms with E-state index in [9.17, 15) is 4.79 Å². The first-order valence-corrected chi connectivity index (χ1v) is 7.01. The molecule has 1 aromatic heterocycles. The monoisotopic (exact) mass is 280 g/mol. The molecule has 0 radical (unpaired) electrons. The molecule has 1 N–H and O–H groups in total. The number of hydrogen-bond acceptors (Lipinski definition) is 3. The molecule has 0 saturated carbocycles. The van der Waals surface area contributed by atoms with E-state index in [2.05, 4.69) is 16.5 Å². The summed E-state index contributed by atoms with van der Waals surface area (Å²) in [7, 11) is 1.93. The average molecular weight is 280 g/mol. The maximum atomic E-state index is 12.3. The zero-order valence-electron chi connectivity index (χ0n) is 11.8. The normalized spacial score (nSPS) is 16.9. The molecular formula is C16H16N4O. The molecule has 0 spiro atoms. The van der Waals surface area contributed by atoms with Crippen molar-refractivity contribution in [1.29, 1.82) is 5.26 Å². The predicted molar refractivity (Wildman–Crippen MR) is 77.5 cm³/mol. The molecule has 1 aliphatic rings. The van der Waals surface area contributed by atoms with Crippen LogP contribution in [0.3, 0.4) is 0 Å². The number of aryl methyl sites for hydroxylation is 1. The maximum absolute atomic E-state index is 12.3. The second-order valence-corrected chi connectivity index (χ2v) is 5.28. The van der Waals surface area contributed by atoms with E-state index in [4.69, 9.17) is 5.26 Å². The molecule has 0 unspecified atom stereocenters. The van der Waals surface area contributed by atoms with Crippen LogP contribution in [0.15, 0.2) is 30.5 Å². The molecule has 21 heavy (non-hydrogen) atoms. The van der Waals surface area contributed by atoms with Crippen molar-refractivity contribution in [2.45, 2.75) is 25.3 Å². The Bertz CT molecular complexity index is 726. The van der Waals surface area contributed by atoms with E-state index in [-0.39, 0.29) is 11.9 Å². The van der Waals surface area contributed by atoms with Crippen LogP contribution in [-0.2, 0) is 13.5 Å². The molecule has 1 amide bonds. The van der Waals surface area contributed by atoms with Crippen LogP contribution in [0.4, 0.5) is 0 Å². The summed E-state index contributed by atoms with van der Waals surface area (Å²) < 4.78 is 1.88. The molecule has 0 saturated heterocycles. The van der Waals surface area contributed by atoms with E-state index in [1.807, 2.05) is 17.9 Å². The quantitative estimate of drug-likeness (QED) is 0.915. The Morgan fingerprint density at radius 3 is 3.19 bits per heavy atom. The molecule has 3 rings (SSSR count). The van der Waals surface area contributed by atoms with Gasteiger partial charge in [0, 0.05) is 23.9 Å². The Kier molecular flexibility index (Phi) is 3.44. The van der Waals surface area contributed by atoms with Gasteiger partial charge in [0.05, 0.1) is 23.9 Å². The van der Waals surface area contributed by atoms with Crippen molar-refractivity contribution in [3.63, 3.8) is 0 Å². The van der Waals surface area contributed by atoms with Gasteiger partial charge in [-0.25, -0.2) is 0 Å². The third-order valence-corrected chi connectivity index (χ3v) is 3.93. The van der Waals surface area contributed by atoms with Gasteiger partial charge in [0.15, 0.2) is 0 Å². The molecule has 1 heterocycles. The van der Waals surface area contributed by atoms with Gasteiger partial charge in [0.25, 0.3) is 5.91 Å². The van der Waals surface area contributed by atoms with Crippen molar-refractivity contribution in [3.8, 4) is 6.07 Å². The molecule has 1 atom stereocenters. The molecular weight excluding hydrogens is 264 g/mol. The number of fused-ring (bicyclic) bond motifs is 1. The third-order valence-electron chi connectivity index (χ3n) is 3.93. The lowest BCUT2D eigenvalue weighted by Crippen LogP contribution is -2.31. The van der Waals surface area contributed by atoms with Crippen LogP contribution in [0.5, 0.6) is 0 Å². The summed E-state index contributed by atoms with van der Waals surface area (Å²) in [5, 5.41) is 16.2. The van der Waals surface area contributed by atoms with Crippen LogP contribution in [0, 0.1) is 11.3 Å². The number of benzene rings is 1. The van der Waals surface area contributed by atoms with Crippen LogP contribution < -0.4 is 5.32 Å². The zero-order chi connectivity index (χ0) is 14.8. The lowest BCUT2D eigenvalue weighted by molar-refractivity contribution is 0.0932. The van der Waals surface area contributed by atoms with Crippen LogP contribution >= 0.6 is 0 Å². The van der Waals surface area contributed by atoms with Gasteiger partial charge in [0.1, 0.15) is 0 Å². The fourth-order valence-corrected chi connectivity index (χ4v) is 2.83. The van der Waals surface area contributed by atoms with Gasteiger partial charge in [-0.15, -0.1) is 0 Å².